The minimum absolute atomic E-state index is 0.226. The zero-order valence-electron chi connectivity index (χ0n) is 17.7. The topological polar surface area (TPSA) is 36.9 Å². The van der Waals surface area contributed by atoms with Gasteiger partial charge in [0.15, 0.2) is 11.2 Å². The molecule has 0 amide bonds. The highest BCUT2D eigenvalue weighted by Gasteiger charge is 2.60. The van der Waals surface area contributed by atoms with Crippen molar-refractivity contribution in [3.05, 3.63) is 142 Å². The molecule has 4 heterocycles. The molecule has 4 bridgehead atoms. The Morgan fingerprint density at radius 2 is 0.758 bits per heavy atom. The SMILES string of the molecule is c1ccc2c(c1)C1OOC2(CC23OOC(c4ccccc42)c2ccccc23)c2ccccc21. The molecule has 0 saturated heterocycles. The molecule has 0 aromatic heterocycles. The molecule has 0 unspecified atom stereocenters. The van der Waals surface area contributed by atoms with Gasteiger partial charge in [-0.05, 0) is 44.5 Å². The van der Waals surface area contributed by atoms with E-state index in [1.165, 1.54) is 0 Å². The maximum atomic E-state index is 6.36. The summed E-state index contributed by atoms with van der Waals surface area (Å²) in [6.45, 7) is 0. The van der Waals surface area contributed by atoms with E-state index in [4.69, 9.17) is 19.6 Å². The maximum Gasteiger partial charge on any atom is 0.158 e. The smallest absolute Gasteiger partial charge is 0.158 e. The van der Waals surface area contributed by atoms with Crippen molar-refractivity contribution in [1.82, 2.24) is 0 Å². The van der Waals surface area contributed by atoms with Gasteiger partial charge in [-0.2, -0.15) is 0 Å². The van der Waals surface area contributed by atoms with Crippen molar-refractivity contribution in [1.29, 1.82) is 0 Å². The number of fused-ring (bicyclic) bond motifs is 2. The summed E-state index contributed by atoms with van der Waals surface area (Å²) in [5.41, 5.74) is 7.40. The van der Waals surface area contributed by atoms with Gasteiger partial charge < -0.3 is 0 Å². The third-order valence-corrected chi connectivity index (χ3v) is 7.78. The Kier molecular flexibility index (Phi) is 3.41. The van der Waals surface area contributed by atoms with Crippen molar-refractivity contribution in [3.8, 4) is 0 Å². The van der Waals surface area contributed by atoms with Crippen molar-refractivity contribution in [2.75, 3.05) is 0 Å². The lowest BCUT2D eigenvalue weighted by molar-refractivity contribution is -0.433. The van der Waals surface area contributed by atoms with Crippen molar-refractivity contribution in [2.24, 2.45) is 0 Å². The summed E-state index contributed by atoms with van der Waals surface area (Å²) in [4.78, 5) is 24.8. The molecule has 6 aliphatic rings. The lowest BCUT2D eigenvalue weighted by Gasteiger charge is -2.54. The van der Waals surface area contributed by atoms with Gasteiger partial charge in [-0.15, -0.1) is 0 Å². The summed E-state index contributed by atoms with van der Waals surface area (Å²) in [5.74, 6) is 0. The van der Waals surface area contributed by atoms with Gasteiger partial charge in [-0.25, -0.2) is 19.6 Å². The predicted molar refractivity (Wildman–Crippen MR) is 120 cm³/mol. The van der Waals surface area contributed by atoms with Crippen molar-refractivity contribution >= 4 is 0 Å². The summed E-state index contributed by atoms with van der Waals surface area (Å²) in [7, 11) is 0. The average molecular weight is 432 g/mol. The highest BCUT2D eigenvalue weighted by molar-refractivity contribution is 5.59. The zero-order chi connectivity index (χ0) is 21.6. The Morgan fingerprint density at radius 3 is 1.09 bits per heavy atom. The first-order valence-corrected chi connectivity index (χ1v) is 11.4. The van der Waals surface area contributed by atoms with Crippen molar-refractivity contribution in [3.63, 3.8) is 0 Å². The molecule has 0 saturated carbocycles. The fourth-order valence-electron chi connectivity index (χ4n) is 6.44. The second-order valence-corrected chi connectivity index (χ2v) is 9.30. The molecule has 4 aromatic carbocycles. The van der Waals surface area contributed by atoms with Crippen LogP contribution in [0.1, 0.15) is 63.1 Å². The summed E-state index contributed by atoms with van der Waals surface area (Å²) in [6.07, 6.45) is 0.0350. The van der Waals surface area contributed by atoms with Crippen LogP contribution in [0.5, 0.6) is 0 Å². The quantitative estimate of drug-likeness (QED) is 0.365. The summed E-state index contributed by atoms with van der Waals surface area (Å²) < 4.78 is 0. The largest absolute Gasteiger partial charge is 0.222 e. The first kappa shape index (κ1) is 18.2. The Morgan fingerprint density at radius 1 is 0.455 bits per heavy atom. The number of rotatable bonds is 2. The molecular formula is C29H20O4. The minimum Gasteiger partial charge on any atom is -0.222 e. The van der Waals surface area contributed by atoms with Gasteiger partial charge in [-0.3, -0.25) is 0 Å². The van der Waals surface area contributed by atoms with Crippen LogP contribution in [-0.2, 0) is 30.8 Å². The molecule has 0 fully saturated rings. The molecule has 4 aliphatic heterocycles. The van der Waals surface area contributed by atoms with Gasteiger partial charge in [0.2, 0.25) is 0 Å². The molecule has 10 rings (SSSR count). The summed E-state index contributed by atoms with van der Waals surface area (Å²) in [6, 6.07) is 33.7. The third-order valence-electron chi connectivity index (χ3n) is 7.78. The van der Waals surface area contributed by atoms with Crippen LogP contribution in [0.3, 0.4) is 0 Å². The molecule has 0 spiro atoms. The van der Waals surface area contributed by atoms with E-state index >= 15 is 0 Å². The molecule has 4 aromatic rings. The van der Waals surface area contributed by atoms with Crippen LogP contribution in [0, 0.1) is 0 Å². The molecule has 4 nitrogen and oxygen atoms in total. The fourth-order valence-corrected chi connectivity index (χ4v) is 6.44. The first-order valence-electron chi connectivity index (χ1n) is 11.4. The molecule has 0 N–H and O–H groups in total. The fraction of sp³-hybridized carbons (Fsp3) is 0.172. The van der Waals surface area contributed by atoms with Crippen LogP contribution in [-0.4, -0.2) is 0 Å². The number of hydrogen-bond donors (Lipinski definition) is 0. The zero-order valence-corrected chi connectivity index (χ0v) is 17.7. The molecular weight excluding hydrogens is 412 g/mol. The molecule has 4 heteroatoms. The van der Waals surface area contributed by atoms with E-state index in [9.17, 15) is 0 Å². The highest BCUT2D eigenvalue weighted by Crippen LogP contribution is 2.62. The van der Waals surface area contributed by atoms with Gasteiger partial charge in [0, 0.05) is 6.42 Å². The average Bonchev–Trinajstić information content (AvgIpc) is 2.90. The van der Waals surface area contributed by atoms with Gasteiger partial charge >= 0.3 is 0 Å². The van der Waals surface area contributed by atoms with Crippen LogP contribution in [0.4, 0.5) is 0 Å². The van der Waals surface area contributed by atoms with Crippen molar-refractivity contribution in [2.45, 2.75) is 29.8 Å². The predicted octanol–water partition coefficient (Wildman–Crippen LogP) is 5.99. The van der Waals surface area contributed by atoms with Crippen LogP contribution in [0.25, 0.3) is 0 Å². The second kappa shape index (κ2) is 6.19. The number of hydrogen-bond acceptors (Lipinski definition) is 4. The van der Waals surface area contributed by atoms with Crippen LogP contribution in [0.15, 0.2) is 97.1 Å². The van der Waals surface area contributed by atoms with Gasteiger partial charge in [0.25, 0.3) is 0 Å². The van der Waals surface area contributed by atoms with Crippen LogP contribution < -0.4 is 0 Å². The number of benzene rings is 4. The van der Waals surface area contributed by atoms with E-state index in [0.717, 1.165) is 44.5 Å². The van der Waals surface area contributed by atoms with Crippen LogP contribution >= 0.6 is 0 Å². The van der Waals surface area contributed by atoms with E-state index < -0.39 is 11.2 Å². The Labute approximate surface area is 191 Å². The maximum absolute atomic E-state index is 6.36. The lowest BCUT2D eigenvalue weighted by Crippen LogP contribution is -2.52. The summed E-state index contributed by atoms with van der Waals surface area (Å²) >= 11 is 0. The molecule has 0 atom stereocenters. The third kappa shape index (κ3) is 2.10. The van der Waals surface area contributed by atoms with Gasteiger partial charge in [-0.1, -0.05) is 97.1 Å². The van der Waals surface area contributed by atoms with Crippen LogP contribution in [0.2, 0.25) is 0 Å². The summed E-state index contributed by atoms with van der Waals surface area (Å²) in [5, 5.41) is 0. The second-order valence-electron chi connectivity index (χ2n) is 9.30. The van der Waals surface area contributed by atoms with E-state index in [2.05, 4.69) is 97.1 Å². The molecule has 0 radical (unpaired) electrons. The Balaban J connectivity index is 1.43. The van der Waals surface area contributed by atoms with E-state index in [0.29, 0.717) is 6.42 Å². The normalized spacial score (nSPS) is 29.7. The lowest BCUT2D eigenvalue weighted by atomic mass is 9.63. The molecule has 2 aliphatic carbocycles. The van der Waals surface area contributed by atoms with E-state index in [-0.39, 0.29) is 12.2 Å². The Hall–Kier alpha value is -3.28. The molecule has 33 heavy (non-hydrogen) atoms. The molecule has 160 valence electrons. The monoisotopic (exact) mass is 432 g/mol. The minimum atomic E-state index is -0.838. The Bertz CT molecular complexity index is 1240. The standard InChI is InChI=1S/C29H20O4/c1-5-13-22-18(9-1)26-19-10-2-6-14-23(19)28(22,32-30-26)17-29-24-15-7-3-11-20(24)27(31-33-29)21-12-4-8-16-25(21)29/h1-16,26-27H,17H2. The van der Waals surface area contributed by atoms with Gasteiger partial charge in [0.1, 0.15) is 12.2 Å². The van der Waals surface area contributed by atoms with Crippen molar-refractivity contribution < 1.29 is 19.6 Å². The van der Waals surface area contributed by atoms with E-state index in [1.54, 1.807) is 0 Å². The van der Waals surface area contributed by atoms with Gasteiger partial charge in [0.05, 0.1) is 0 Å². The van der Waals surface area contributed by atoms with E-state index in [1.807, 2.05) is 0 Å². The first-order chi connectivity index (χ1) is 16.3. The highest BCUT2D eigenvalue weighted by atomic mass is 17.2.